The van der Waals surface area contributed by atoms with Crippen LogP contribution in [-0.4, -0.2) is 75.5 Å². The van der Waals surface area contributed by atoms with Gasteiger partial charge in [-0.05, 0) is 25.5 Å². The molecule has 7 nitrogen and oxygen atoms in total. The van der Waals surface area contributed by atoms with Crippen LogP contribution in [0.1, 0.15) is 19.4 Å². The summed E-state index contributed by atoms with van der Waals surface area (Å²) in [4.78, 5) is 14.5. The molecule has 1 saturated heterocycles. The summed E-state index contributed by atoms with van der Waals surface area (Å²) in [5, 5.41) is 3.96. The minimum Gasteiger partial charge on any atom is -0.379 e. The first kappa shape index (κ1) is 21.6. The molecule has 0 aromatic heterocycles. The molecular weight excluding hydrogens is 366 g/mol. The molecule has 1 aliphatic heterocycles. The Morgan fingerprint density at radius 3 is 2.52 bits per heavy atom. The molecule has 0 spiro atoms. The van der Waals surface area contributed by atoms with Crippen LogP contribution in [0.5, 0.6) is 0 Å². The molecule has 1 heterocycles. The monoisotopic (exact) mass is 395 g/mol. The first-order chi connectivity index (χ1) is 12.7. The molecule has 1 aromatic carbocycles. The van der Waals surface area contributed by atoms with Crippen LogP contribution in [0.2, 0.25) is 0 Å². The molecule has 150 valence electrons. The molecule has 0 bridgehead atoms. The zero-order chi connectivity index (χ0) is 19.9. The number of morpholine rings is 1. The van der Waals surface area contributed by atoms with Gasteiger partial charge in [-0.2, -0.15) is 4.31 Å². The Morgan fingerprint density at radius 1 is 1.26 bits per heavy atom. The van der Waals surface area contributed by atoms with E-state index < -0.39 is 10.0 Å². The topological polar surface area (TPSA) is 79.0 Å². The number of hydrogen-bond acceptors (Lipinski definition) is 5. The molecule has 1 aromatic rings. The first-order valence-corrected chi connectivity index (χ1v) is 10.5. The highest BCUT2D eigenvalue weighted by Crippen LogP contribution is 2.15. The Kier molecular flexibility index (Phi) is 7.55. The third-order valence-corrected chi connectivity index (χ3v) is 6.10. The van der Waals surface area contributed by atoms with Gasteiger partial charge in [0.1, 0.15) is 0 Å². The second-order valence-corrected chi connectivity index (χ2v) is 9.13. The number of nitrogens with zero attached hydrogens (tertiary/aromatic N) is 2. The van der Waals surface area contributed by atoms with Crippen molar-refractivity contribution < 1.29 is 17.9 Å². The van der Waals surface area contributed by atoms with Gasteiger partial charge in [0, 0.05) is 37.6 Å². The number of ether oxygens (including phenoxy) is 1. The van der Waals surface area contributed by atoms with Gasteiger partial charge in [-0.15, -0.1) is 0 Å². The molecular formula is C19H29N3O4S. The minimum atomic E-state index is -3.66. The smallest absolute Gasteiger partial charge is 0.236 e. The third-order valence-electron chi connectivity index (χ3n) is 4.62. The highest BCUT2D eigenvalue weighted by molar-refractivity contribution is 7.92. The van der Waals surface area contributed by atoms with E-state index in [4.69, 9.17) is 4.74 Å². The number of amides is 1. The summed E-state index contributed by atoms with van der Waals surface area (Å²) >= 11 is 0. The lowest BCUT2D eigenvalue weighted by Gasteiger charge is -2.40. The number of likely N-dealkylation sites (N-methyl/N-ethyl adjacent to an activating group) is 1. The van der Waals surface area contributed by atoms with Crippen LogP contribution in [0.3, 0.4) is 0 Å². The Balaban J connectivity index is 1.85. The first-order valence-electron chi connectivity index (χ1n) is 9.00. The van der Waals surface area contributed by atoms with Crippen LogP contribution in [0.25, 0.3) is 6.08 Å². The third kappa shape index (κ3) is 6.73. The van der Waals surface area contributed by atoms with Gasteiger partial charge < -0.3 is 10.1 Å². The van der Waals surface area contributed by atoms with Crippen LogP contribution in [0.15, 0.2) is 35.7 Å². The van der Waals surface area contributed by atoms with E-state index in [1.807, 2.05) is 30.3 Å². The number of hydrogen-bond donors (Lipinski definition) is 1. The molecule has 0 atom stereocenters. The molecule has 1 fully saturated rings. The van der Waals surface area contributed by atoms with Gasteiger partial charge >= 0.3 is 0 Å². The number of sulfonamides is 1. The summed E-state index contributed by atoms with van der Waals surface area (Å²) < 4.78 is 31.1. The summed E-state index contributed by atoms with van der Waals surface area (Å²) in [5.41, 5.74) is 0.565. The molecule has 1 N–H and O–H groups in total. The molecule has 0 aliphatic carbocycles. The van der Waals surface area contributed by atoms with E-state index in [1.54, 1.807) is 0 Å². The zero-order valence-electron chi connectivity index (χ0n) is 16.2. The molecule has 0 radical (unpaired) electrons. The molecule has 1 aliphatic rings. The van der Waals surface area contributed by atoms with E-state index in [1.165, 1.54) is 13.1 Å². The average Bonchev–Trinajstić information content (AvgIpc) is 2.66. The van der Waals surface area contributed by atoms with Crippen molar-refractivity contribution in [3.63, 3.8) is 0 Å². The summed E-state index contributed by atoms with van der Waals surface area (Å²) in [6, 6.07) is 9.15. The van der Waals surface area contributed by atoms with Crippen molar-refractivity contribution in [1.82, 2.24) is 14.5 Å². The van der Waals surface area contributed by atoms with Gasteiger partial charge in [0.25, 0.3) is 0 Å². The van der Waals surface area contributed by atoms with E-state index in [0.29, 0.717) is 19.8 Å². The molecule has 27 heavy (non-hydrogen) atoms. The largest absolute Gasteiger partial charge is 0.379 e. The van der Waals surface area contributed by atoms with Gasteiger partial charge in [0.2, 0.25) is 15.9 Å². The Hall–Kier alpha value is -1.74. The van der Waals surface area contributed by atoms with Crippen LogP contribution >= 0.6 is 0 Å². The second-order valence-electron chi connectivity index (χ2n) is 7.20. The number of benzene rings is 1. The predicted octanol–water partition coefficient (Wildman–Crippen LogP) is 1.15. The molecule has 0 saturated carbocycles. The van der Waals surface area contributed by atoms with Crippen LogP contribution in [0, 0.1) is 0 Å². The maximum atomic E-state index is 12.3. The SMILES string of the molecule is CN(CC(=O)NCC(C)(C)N1CCOCC1)S(=O)(=O)C=Cc1ccccc1. The van der Waals surface area contributed by atoms with Gasteiger partial charge in [-0.3, -0.25) is 9.69 Å². The average molecular weight is 396 g/mol. The van der Waals surface area contributed by atoms with Crippen molar-refractivity contribution >= 4 is 22.0 Å². The van der Waals surface area contributed by atoms with Crippen LogP contribution in [0.4, 0.5) is 0 Å². The van der Waals surface area contributed by atoms with Crippen molar-refractivity contribution in [2.24, 2.45) is 0 Å². The van der Waals surface area contributed by atoms with E-state index in [-0.39, 0.29) is 18.0 Å². The maximum absolute atomic E-state index is 12.3. The van der Waals surface area contributed by atoms with Gasteiger partial charge in [-0.1, -0.05) is 30.3 Å². The molecule has 2 rings (SSSR count). The van der Waals surface area contributed by atoms with Crippen molar-refractivity contribution in [1.29, 1.82) is 0 Å². The standard InChI is InChI=1S/C19H29N3O4S/c1-19(2,22-10-12-26-13-11-22)16-20-18(23)15-21(3)27(24,25)14-9-17-7-5-4-6-8-17/h4-9,14H,10-13,15-16H2,1-3H3,(H,20,23). The van der Waals surface area contributed by atoms with E-state index >= 15 is 0 Å². The van der Waals surface area contributed by atoms with Gasteiger partial charge in [0.15, 0.2) is 0 Å². The fourth-order valence-electron chi connectivity index (χ4n) is 2.78. The van der Waals surface area contributed by atoms with Gasteiger partial charge in [0.05, 0.1) is 19.8 Å². The molecule has 8 heteroatoms. The van der Waals surface area contributed by atoms with Gasteiger partial charge in [-0.25, -0.2) is 8.42 Å². The number of carbonyl (C=O) groups is 1. The Bertz CT molecular complexity index is 741. The normalized spacial score (nSPS) is 16.7. The summed E-state index contributed by atoms with van der Waals surface area (Å²) in [6.45, 7) is 7.35. The number of nitrogens with one attached hydrogen (secondary N) is 1. The van der Waals surface area contributed by atoms with E-state index in [2.05, 4.69) is 24.1 Å². The lowest BCUT2D eigenvalue weighted by atomic mass is 10.0. The number of carbonyl (C=O) groups excluding carboxylic acids is 1. The van der Waals surface area contributed by atoms with Crippen molar-refractivity contribution in [3.8, 4) is 0 Å². The van der Waals surface area contributed by atoms with E-state index in [0.717, 1.165) is 28.4 Å². The summed E-state index contributed by atoms with van der Waals surface area (Å²) in [6.07, 6.45) is 1.52. The Morgan fingerprint density at radius 2 is 1.89 bits per heavy atom. The lowest BCUT2D eigenvalue weighted by Crippen LogP contribution is -2.56. The fourth-order valence-corrected chi connectivity index (χ4v) is 3.61. The van der Waals surface area contributed by atoms with Crippen LogP contribution < -0.4 is 5.32 Å². The summed E-state index contributed by atoms with van der Waals surface area (Å²) in [5.74, 6) is -0.324. The van der Waals surface area contributed by atoms with Crippen molar-refractivity contribution in [2.75, 3.05) is 46.4 Å². The molecule has 1 amide bonds. The quantitative estimate of drug-likeness (QED) is 0.714. The fraction of sp³-hybridized carbons (Fsp3) is 0.526. The lowest BCUT2D eigenvalue weighted by molar-refractivity contribution is -0.121. The maximum Gasteiger partial charge on any atom is 0.236 e. The van der Waals surface area contributed by atoms with E-state index in [9.17, 15) is 13.2 Å². The van der Waals surface area contributed by atoms with Crippen LogP contribution in [-0.2, 0) is 19.6 Å². The van der Waals surface area contributed by atoms with Crippen molar-refractivity contribution in [2.45, 2.75) is 19.4 Å². The Labute approximate surface area is 162 Å². The zero-order valence-corrected chi connectivity index (χ0v) is 17.0. The second kappa shape index (κ2) is 9.45. The van der Waals surface area contributed by atoms with Crippen molar-refractivity contribution in [3.05, 3.63) is 41.3 Å². The highest BCUT2D eigenvalue weighted by atomic mass is 32.2. The number of rotatable bonds is 8. The predicted molar refractivity (Wildman–Crippen MR) is 107 cm³/mol. The molecule has 0 unspecified atom stereocenters. The summed E-state index contributed by atoms with van der Waals surface area (Å²) in [7, 11) is -2.26. The minimum absolute atomic E-state index is 0.218. The highest BCUT2D eigenvalue weighted by Gasteiger charge is 2.29.